The highest BCUT2D eigenvalue weighted by atomic mass is 32.1. The minimum absolute atomic E-state index is 0.0904. The van der Waals surface area contributed by atoms with Gasteiger partial charge in [-0.2, -0.15) is 0 Å². The predicted octanol–water partition coefficient (Wildman–Crippen LogP) is 2.96. The highest BCUT2D eigenvalue weighted by Crippen LogP contribution is 2.18. The molecule has 0 aliphatic heterocycles. The van der Waals surface area contributed by atoms with Gasteiger partial charge in [0.1, 0.15) is 16.6 Å². The summed E-state index contributed by atoms with van der Waals surface area (Å²) in [6.45, 7) is 0.823. The van der Waals surface area contributed by atoms with Crippen LogP contribution in [-0.4, -0.2) is 55.7 Å². The maximum atomic E-state index is 13.0. The molecule has 0 saturated carbocycles. The van der Waals surface area contributed by atoms with Crippen LogP contribution in [-0.2, 0) is 24.1 Å². The molecule has 5 N–H and O–H groups in total. The molecule has 0 radical (unpaired) electrons. The Labute approximate surface area is 220 Å². The first kappa shape index (κ1) is 26.6. The number of aromatic nitrogens is 4. The van der Waals surface area contributed by atoms with Crippen molar-refractivity contribution in [2.24, 2.45) is 4.99 Å². The number of amides is 1. The van der Waals surface area contributed by atoms with Gasteiger partial charge in [0, 0.05) is 19.5 Å². The number of hydroxylamine groups is 1. The van der Waals surface area contributed by atoms with Crippen LogP contribution >= 0.6 is 11.3 Å². The molecule has 0 aliphatic rings. The van der Waals surface area contributed by atoms with E-state index in [0.29, 0.717) is 43.3 Å². The summed E-state index contributed by atoms with van der Waals surface area (Å²) >= 11 is 1.29. The van der Waals surface area contributed by atoms with Crippen molar-refractivity contribution in [3.8, 4) is 5.75 Å². The van der Waals surface area contributed by atoms with E-state index in [-0.39, 0.29) is 35.4 Å². The number of hydrogen-bond donors (Lipinski definition) is 5. The number of carbonyl (C=O) groups is 1. The lowest BCUT2D eigenvalue weighted by atomic mass is 10.1. The van der Waals surface area contributed by atoms with Gasteiger partial charge in [-0.15, -0.1) is 10.2 Å². The van der Waals surface area contributed by atoms with Crippen LogP contribution in [0.1, 0.15) is 28.2 Å². The van der Waals surface area contributed by atoms with Crippen molar-refractivity contribution in [2.75, 3.05) is 23.7 Å². The van der Waals surface area contributed by atoms with Gasteiger partial charge >= 0.3 is 0 Å². The predicted molar refractivity (Wildman–Crippen MR) is 138 cm³/mol. The molecule has 12 nitrogen and oxygen atoms in total. The first-order valence-electron chi connectivity index (χ1n) is 11.7. The molecule has 0 aliphatic carbocycles. The molecule has 2 aromatic heterocycles. The minimum atomic E-state index is -0.306. The molecule has 38 heavy (non-hydrogen) atoms. The van der Waals surface area contributed by atoms with Crippen LogP contribution in [0.3, 0.4) is 0 Å². The first-order valence-corrected chi connectivity index (χ1v) is 12.5. The van der Waals surface area contributed by atoms with Gasteiger partial charge in [-0.25, -0.2) is 9.02 Å². The molecule has 4 aromatic rings. The van der Waals surface area contributed by atoms with Crippen LogP contribution in [0.5, 0.6) is 5.75 Å². The molecular weight excluding hydrogens is 515 g/mol. The molecule has 198 valence electrons. The second-order valence-electron chi connectivity index (χ2n) is 8.10. The topological polar surface area (TPSA) is 171 Å². The number of benzene rings is 2. The number of phenols is 1. The van der Waals surface area contributed by atoms with Gasteiger partial charge in [-0.1, -0.05) is 35.6 Å². The Hall–Kier alpha value is -4.43. The molecule has 2 aromatic carbocycles. The van der Waals surface area contributed by atoms with Crippen LogP contribution in [0.15, 0.2) is 58.2 Å². The Bertz CT molecular complexity index is 1360. The number of aryl methyl sites for hydroxylation is 1. The molecule has 0 unspecified atom stereocenters. The van der Waals surface area contributed by atoms with Crippen molar-refractivity contribution in [1.29, 1.82) is 0 Å². The normalized spacial score (nSPS) is 11.4. The van der Waals surface area contributed by atoms with Gasteiger partial charge in [-0.05, 0) is 58.5 Å². The fourth-order valence-electron chi connectivity index (χ4n) is 3.39. The zero-order valence-corrected chi connectivity index (χ0v) is 20.9. The van der Waals surface area contributed by atoms with E-state index in [4.69, 9.17) is 4.63 Å². The van der Waals surface area contributed by atoms with E-state index in [1.54, 1.807) is 24.3 Å². The summed E-state index contributed by atoms with van der Waals surface area (Å²) in [4.78, 5) is 16.5. The van der Waals surface area contributed by atoms with E-state index in [2.05, 4.69) is 36.1 Å². The van der Waals surface area contributed by atoms with E-state index in [0.717, 1.165) is 16.1 Å². The molecule has 0 bridgehead atoms. The molecule has 0 atom stereocenters. The Morgan fingerprint density at radius 2 is 1.79 bits per heavy atom. The largest absolute Gasteiger partial charge is 0.508 e. The number of halogens is 1. The number of aliphatic imine (C=N–C) groups is 1. The monoisotopic (exact) mass is 540 g/mol. The fraction of sp³-hybridized carbons (Fsp3) is 0.250. The van der Waals surface area contributed by atoms with Crippen molar-refractivity contribution < 1.29 is 24.1 Å². The average Bonchev–Trinajstić information content (AvgIpc) is 3.56. The number of carbonyl (C=O) groups excluding carboxylic acids is 1. The maximum Gasteiger partial charge on any atom is 0.230 e. The number of rotatable bonds is 12. The highest BCUT2D eigenvalue weighted by Gasteiger charge is 2.16. The number of nitrogens with one attached hydrogen (secondary N) is 3. The lowest BCUT2D eigenvalue weighted by Gasteiger charge is -2.05. The summed E-state index contributed by atoms with van der Waals surface area (Å²) in [5.41, 5.74) is 3.92. The minimum Gasteiger partial charge on any atom is -0.508 e. The second-order valence-corrected chi connectivity index (χ2v) is 9.16. The summed E-state index contributed by atoms with van der Waals surface area (Å²) in [5.74, 6) is 0.0169. The molecule has 0 fully saturated rings. The number of hydrogen-bond acceptors (Lipinski definition) is 11. The van der Waals surface area contributed by atoms with Crippen molar-refractivity contribution in [3.63, 3.8) is 0 Å². The molecule has 1 amide bonds. The molecule has 0 spiro atoms. The van der Waals surface area contributed by atoms with Gasteiger partial charge in [0.2, 0.25) is 16.9 Å². The van der Waals surface area contributed by atoms with E-state index in [1.807, 2.05) is 5.48 Å². The van der Waals surface area contributed by atoms with Crippen molar-refractivity contribution in [1.82, 2.24) is 26.0 Å². The quantitative estimate of drug-likeness (QED) is 0.0779. The zero-order chi connectivity index (χ0) is 26.7. The number of nitrogens with zero attached hydrogens (tertiary/aromatic N) is 5. The van der Waals surface area contributed by atoms with Crippen LogP contribution in [0.2, 0.25) is 0 Å². The lowest BCUT2D eigenvalue weighted by molar-refractivity contribution is -0.115. The second kappa shape index (κ2) is 13.2. The molecule has 2 heterocycles. The standard InChI is InChI=1S/C24H25FN8O4S/c25-17-7-3-15(4-8-17)11-13-27-22(31-36)21-23(33-37-32-21)26-12-1-2-20-29-30-24(38-20)28-19(35)14-16-5-9-18(34)10-6-16/h3-10,34,36H,1-2,11-14H2,(H,26,33)(H,27,31)(H,28,30,35). The van der Waals surface area contributed by atoms with Gasteiger partial charge in [-0.3, -0.25) is 20.5 Å². The molecule has 0 saturated heterocycles. The van der Waals surface area contributed by atoms with Crippen LogP contribution in [0, 0.1) is 5.82 Å². The Kier molecular flexibility index (Phi) is 9.26. The lowest BCUT2D eigenvalue weighted by Crippen LogP contribution is -2.23. The molecule has 4 rings (SSSR count). The van der Waals surface area contributed by atoms with Gasteiger partial charge in [0.25, 0.3) is 0 Å². The van der Waals surface area contributed by atoms with Crippen molar-refractivity contribution >= 4 is 34.0 Å². The number of anilines is 2. The number of phenolic OH excluding ortho intramolecular Hbond substituents is 1. The summed E-state index contributed by atoms with van der Waals surface area (Å²) in [6, 6.07) is 12.5. The SMILES string of the molecule is O=C(Cc1ccc(O)cc1)Nc1nnc(CCCNc2nonc2C(=NCCc2ccc(F)cc2)NO)s1. The Morgan fingerprint density at radius 1 is 1.03 bits per heavy atom. The van der Waals surface area contributed by atoms with Crippen LogP contribution in [0.25, 0.3) is 0 Å². The van der Waals surface area contributed by atoms with E-state index in [1.165, 1.54) is 35.6 Å². The van der Waals surface area contributed by atoms with E-state index >= 15 is 0 Å². The number of amidine groups is 1. The zero-order valence-electron chi connectivity index (χ0n) is 20.1. The summed E-state index contributed by atoms with van der Waals surface area (Å²) in [7, 11) is 0. The summed E-state index contributed by atoms with van der Waals surface area (Å²) in [6.07, 6.45) is 1.98. The average molecular weight is 541 g/mol. The molecule has 14 heteroatoms. The van der Waals surface area contributed by atoms with Gasteiger partial charge < -0.3 is 15.7 Å². The third-order valence-electron chi connectivity index (χ3n) is 5.28. The Balaban J connectivity index is 1.21. The number of aromatic hydroxyl groups is 1. The summed E-state index contributed by atoms with van der Waals surface area (Å²) in [5, 5.41) is 41.6. The third-order valence-corrected chi connectivity index (χ3v) is 6.17. The van der Waals surface area contributed by atoms with Crippen molar-refractivity contribution in [3.05, 3.63) is 76.2 Å². The third kappa shape index (κ3) is 7.78. The van der Waals surface area contributed by atoms with E-state index < -0.39 is 0 Å². The van der Waals surface area contributed by atoms with Crippen LogP contribution in [0.4, 0.5) is 15.3 Å². The van der Waals surface area contributed by atoms with Crippen LogP contribution < -0.4 is 16.1 Å². The fourth-order valence-corrected chi connectivity index (χ4v) is 4.18. The smallest absolute Gasteiger partial charge is 0.230 e. The van der Waals surface area contributed by atoms with E-state index in [9.17, 15) is 19.5 Å². The first-order chi connectivity index (χ1) is 18.5. The van der Waals surface area contributed by atoms with Gasteiger partial charge in [0.05, 0.1) is 6.42 Å². The Morgan fingerprint density at radius 3 is 2.55 bits per heavy atom. The summed E-state index contributed by atoms with van der Waals surface area (Å²) < 4.78 is 17.8. The maximum absolute atomic E-state index is 13.0. The highest BCUT2D eigenvalue weighted by molar-refractivity contribution is 7.15. The van der Waals surface area contributed by atoms with Gasteiger partial charge in [0.15, 0.2) is 11.5 Å². The molecular formula is C24H25FN8O4S. The van der Waals surface area contributed by atoms with Crippen molar-refractivity contribution in [2.45, 2.75) is 25.7 Å².